The van der Waals surface area contributed by atoms with Crippen LogP contribution >= 0.6 is 22.9 Å². The van der Waals surface area contributed by atoms with Gasteiger partial charge in [0.15, 0.2) is 5.84 Å². The number of halogens is 1. The average Bonchev–Trinajstić information content (AvgIpc) is 2.84. The summed E-state index contributed by atoms with van der Waals surface area (Å²) < 4.78 is 5.63. The smallest absolute Gasteiger partial charge is 0.171 e. The molecule has 20 heavy (non-hydrogen) atoms. The minimum atomic E-state index is -0.0261. The molecule has 0 saturated carbocycles. The molecule has 1 aromatic heterocycles. The summed E-state index contributed by atoms with van der Waals surface area (Å²) in [5.74, 6) is 0.619. The number of aryl methyl sites for hydroxylation is 1. The third kappa shape index (κ3) is 3.40. The number of benzene rings is 1. The predicted octanol–water partition coefficient (Wildman–Crippen LogP) is 2.82. The number of aromatic nitrogens is 1. The van der Waals surface area contributed by atoms with Gasteiger partial charge in [-0.1, -0.05) is 16.8 Å². The summed E-state index contributed by atoms with van der Waals surface area (Å²) >= 11 is 7.67. The lowest BCUT2D eigenvalue weighted by atomic mass is 10.2. The molecule has 5 nitrogen and oxygen atoms in total. The van der Waals surface area contributed by atoms with Crippen molar-refractivity contribution < 1.29 is 9.94 Å². The molecule has 3 N–H and O–H groups in total. The lowest BCUT2D eigenvalue weighted by Crippen LogP contribution is -2.13. The van der Waals surface area contributed by atoms with Crippen molar-refractivity contribution in [3.8, 4) is 5.75 Å². The maximum Gasteiger partial charge on any atom is 0.171 e. The molecule has 0 amide bonds. The van der Waals surface area contributed by atoms with E-state index >= 15 is 0 Å². The highest BCUT2D eigenvalue weighted by Gasteiger charge is 2.07. The summed E-state index contributed by atoms with van der Waals surface area (Å²) in [7, 11) is 0. The molecule has 0 aliphatic heterocycles. The molecule has 7 heteroatoms. The summed E-state index contributed by atoms with van der Waals surface area (Å²) in [6.07, 6.45) is 0.802. The Labute approximate surface area is 125 Å². The van der Waals surface area contributed by atoms with Crippen LogP contribution in [0.1, 0.15) is 16.1 Å². The van der Waals surface area contributed by atoms with Gasteiger partial charge in [0.1, 0.15) is 5.75 Å². The summed E-state index contributed by atoms with van der Waals surface area (Å²) in [6.45, 7) is 2.52. The topological polar surface area (TPSA) is 80.7 Å². The second-order valence-corrected chi connectivity index (χ2v) is 5.43. The Balaban J connectivity index is 1.97. The van der Waals surface area contributed by atoms with Crippen molar-refractivity contribution in [1.29, 1.82) is 0 Å². The van der Waals surface area contributed by atoms with Crippen LogP contribution < -0.4 is 10.5 Å². The fourth-order valence-corrected chi connectivity index (χ4v) is 2.70. The second-order valence-electron chi connectivity index (χ2n) is 4.09. The van der Waals surface area contributed by atoms with Crippen molar-refractivity contribution >= 4 is 28.8 Å². The summed E-state index contributed by atoms with van der Waals surface area (Å²) in [5, 5.41) is 11.9. The molecule has 1 heterocycles. The highest BCUT2D eigenvalue weighted by molar-refractivity contribution is 7.09. The normalized spacial score (nSPS) is 11.6. The van der Waals surface area contributed by atoms with E-state index < -0.39 is 0 Å². The zero-order valence-electron chi connectivity index (χ0n) is 10.8. The van der Waals surface area contributed by atoms with Crippen LogP contribution in [0.25, 0.3) is 0 Å². The fraction of sp³-hybridized carbons (Fsp3) is 0.231. The molecule has 2 aromatic rings. The van der Waals surface area contributed by atoms with E-state index in [9.17, 15) is 0 Å². The Morgan fingerprint density at radius 2 is 2.35 bits per heavy atom. The van der Waals surface area contributed by atoms with Crippen molar-refractivity contribution in [3.63, 3.8) is 0 Å². The Bertz CT molecular complexity index is 628. The van der Waals surface area contributed by atoms with Gasteiger partial charge in [-0.2, -0.15) is 0 Å². The van der Waals surface area contributed by atoms with E-state index in [1.807, 2.05) is 12.4 Å². The molecular weight excluding hydrogens is 298 g/mol. The van der Waals surface area contributed by atoms with Crippen LogP contribution in [0.3, 0.4) is 0 Å². The zero-order valence-corrected chi connectivity index (χ0v) is 12.4. The molecular formula is C13H14ClN3O2S. The average molecular weight is 312 g/mol. The zero-order chi connectivity index (χ0) is 14.5. The van der Waals surface area contributed by atoms with E-state index in [0.29, 0.717) is 22.9 Å². The molecule has 2 rings (SSSR count). The van der Waals surface area contributed by atoms with Crippen molar-refractivity contribution in [3.05, 3.63) is 44.9 Å². The van der Waals surface area contributed by atoms with Crippen LogP contribution in [0.2, 0.25) is 5.02 Å². The van der Waals surface area contributed by atoms with Gasteiger partial charge in [0, 0.05) is 16.9 Å². The number of hydrogen-bond donors (Lipinski definition) is 2. The highest BCUT2D eigenvalue weighted by atomic mass is 35.5. The molecule has 0 aliphatic carbocycles. The highest BCUT2D eigenvalue weighted by Crippen LogP contribution is 2.23. The maximum absolute atomic E-state index is 8.62. The Kier molecular flexibility index (Phi) is 4.81. The van der Waals surface area contributed by atoms with Crippen LogP contribution in [-0.2, 0) is 6.42 Å². The lowest BCUT2D eigenvalue weighted by molar-refractivity contribution is 0.318. The van der Waals surface area contributed by atoms with Gasteiger partial charge in [-0.25, -0.2) is 4.98 Å². The van der Waals surface area contributed by atoms with E-state index in [1.54, 1.807) is 29.5 Å². The number of thiazole rings is 1. The number of nitrogens with zero attached hydrogens (tertiary/aromatic N) is 2. The molecule has 0 radical (unpaired) electrons. The molecule has 0 unspecified atom stereocenters. The number of nitrogens with two attached hydrogens (primary N) is 1. The van der Waals surface area contributed by atoms with Gasteiger partial charge >= 0.3 is 0 Å². The van der Waals surface area contributed by atoms with E-state index in [4.69, 9.17) is 27.3 Å². The Morgan fingerprint density at radius 1 is 1.55 bits per heavy atom. The Morgan fingerprint density at radius 3 is 2.95 bits per heavy atom. The van der Waals surface area contributed by atoms with E-state index in [0.717, 1.165) is 12.1 Å². The summed E-state index contributed by atoms with van der Waals surface area (Å²) in [5.41, 5.74) is 8.83. The van der Waals surface area contributed by atoms with Gasteiger partial charge in [-0.15, -0.1) is 11.3 Å². The van der Waals surface area contributed by atoms with Crippen LogP contribution in [0, 0.1) is 6.92 Å². The monoisotopic (exact) mass is 311 g/mol. The molecule has 0 atom stereocenters. The van der Waals surface area contributed by atoms with Gasteiger partial charge in [-0.3, -0.25) is 0 Å². The molecule has 1 aromatic carbocycles. The van der Waals surface area contributed by atoms with E-state index in [2.05, 4.69) is 10.1 Å². The first-order valence-corrected chi connectivity index (χ1v) is 7.16. The molecule has 106 valence electrons. The van der Waals surface area contributed by atoms with Gasteiger partial charge < -0.3 is 15.7 Å². The molecule has 0 bridgehead atoms. The standard InChI is InChI=1S/C13H14ClN3O2S/c1-8-12(20-7-16-8)4-5-19-9-2-3-10(11(14)6-9)13(15)17-18/h2-3,6-7,18H,4-5H2,1H3,(H2,15,17). The molecule has 0 saturated heterocycles. The number of hydrogen-bond acceptors (Lipinski definition) is 5. The van der Waals surface area contributed by atoms with Gasteiger partial charge in [0.05, 0.1) is 22.8 Å². The van der Waals surface area contributed by atoms with Crippen molar-refractivity contribution in [1.82, 2.24) is 4.98 Å². The van der Waals surface area contributed by atoms with Crippen LogP contribution in [0.4, 0.5) is 0 Å². The molecule has 0 aliphatic rings. The quantitative estimate of drug-likeness (QED) is 0.385. The second kappa shape index (κ2) is 6.58. The number of rotatable bonds is 5. The fourth-order valence-electron chi connectivity index (χ4n) is 1.67. The largest absolute Gasteiger partial charge is 0.493 e. The third-order valence-corrected chi connectivity index (χ3v) is 4.07. The molecule has 0 spiro atoms. The minimum absolute atomic E-state index is 0.0261. The lowest BCUT2D eigenvalue weighted by Gasteiger charge is -2.08. The SMILES string of the molecule is Cc1ncsc1CCOc1ccc(C(N)=NO)c(Cl)c1. The van der Waals surface area contributed by atoms with E-state index in [-0.39, 0.29) is 5.84 Å². The van der Waals surface area contributed by atoms with Gasteiger partial charge in [0.2, 0.25) is 0 Å². The van der Waals surface area contributed by atoms with Crippen LogP contribution in [0.5, 0.6) is 5.75 Å². The Hall–Kier alpha value is -1.79. The first-order chi connectivity index (χ1) is 9.61. The van der Waals surface area contributed by atoms with Gasteiger partial charge in [0.25, 0.3) is 0 Å². The maximum atomic E-state index is 8.62. The third-order valence-electron chi connectivity index (χ3n) is 2.77. The minimum Gasteiger partial charge on any atom is -0.493 e. The van der Waals surface area contributed by atoms with Crippen LogP contribution in [0.15, 0.2) is 28.9 Å². The number of oxime groups is 1. The van der Waals surface area contributed by atoms with Gasteiger partial charge in [-0.05, 0) is 25.1 Å². The number of amidine groups is 1. The van der Waals surface area contributed by atoms with E-state index in [1.165, 1.54) is 4.88 Å². The van der Waals surface area contributed by atoms with Crippen molar-refractivity contribution in [2.24, 2.45) is 10.9 Å². The summed E-state index contributed by atoms with van der Waals surface area (Å²) in [6, 6.07) is 5.04. The summed E-state index contributed by atoms with van der Waals surface area (Å²) in [4.78, 5) is 5.40. The predicted molar refractivity (Wildman–Crippen MR) is 80.0 cm³/mol. The van der Waals surface area contributed by atoms with Crippen molar-refractivity contribution in [2.75, 3.05) is 6.61 Å². The van der Waals surface area contributed by atoms with Crippen LogP contribution in [-0.4, -0.2) is 22.6 Å². The first-order valence-electron chi connectivity index (χ1n) is 5.91. The first kappa shape index (κ1) is 14.6. The molecule has 0 fully saturated rings. The van der Waals surface area contributed by atoms with Crippen molar-refractivity contribution in [2.45, 2.75) is 13.3 Å². The number of ether oxygens (including phenoxy) is 1.